The molecule has 28 heavy (non-hydrogen) atoms. The quantitative estimate of drug-likeness (QED) is 0.594. The van der Waals surface area contributed by atoms with E-state index in [1.165, 1.54) is 31.2 Å². The molecule has 0 spiro atoms. The SMILES string of the molecule is CC(C)[C@@H](C)/C=C/[C@@H](C)C1CC[C@H]2c3ccc4c(c3CC[C@]12C)CC[C@H](O)C4. The Labute approximate surface area is 172 Å². The van der Waals surface area contributed by atoms with Crippen LogP contribution in [0, 0.1) is 29.1 Å². The second kappa shape index (κ2) is 7.63. The standard InChI is InChI=1S/C27H40O/c1-17(2)18(3)6-7-19(4)25-12-13-26-24-10-8-20-16-21(28)9-11-22(20)23(24)14-15-27(25,26)5/h6-8,10,17-19,21,25-26,28H,9,11-16H2,1-5H3/b7-6+/t18-,19+,21-,25?,26-,27+/m0/s1. The fourth-order valence-corrected chi connectivity index (χ4v) is 6.65. The van der Waals surface area contributed by atoms with Crippen LogP contribution in [-0.2, 0) is 19.3 Å². The van der Waals surface area contributed by atoms with Gasteiger partial charge in [0.2, 0.25) is 0 Å². The van der Waals surface area contributed by atoms with Crippen molar-refractivity contribution in [2.75, 3.05) is 0 Å². The maximum absolute atomic E-state index is 10.1. The first-order chi connectivity index (χ1) is 13.3. The third kappa shape index (κ3) is 3.38. The molecule has 1 nitrogen and oxygen atoms in total. The molecule has 3 aliphatic carbocycles. The zero-order chi connectivity index (χ0) is 20.1. The van der Waals surface area contributed by atoms with Crippen LogP contribution < -0.4 is 0 Å². The summed E-state index contributed by atoms with van der Waals surface area (Å²) in [5.41, 5.74) is 6.81. The Morgan fingerprint density at radius 3 is 2.54 bits per heavy atom. The van der Waals surface area contributed by atoms with Gasteiger partial charge in [-0.3, -0.25) is 0 Å². The third-order valence-electron chi connectivity index (χ3n) is 8.85. The van der Waals surface area contributed by atoms with E-state index in [9.17, 15) is 5.11 Å². The maximum Gasteiger partial charge on any atom is 0.0583 e. The molecule has 0 amide bonds. The Hall–Kier alpha value is -1.08. The van der Waals surface area contributed by atoms with Gasteiger partial charge in [0.05, 0.1) is 6.10 Å². The number of benzene rings is 1. The summed E-state index contributed by atoms with van der Waals surface area (Å²) in [4.78, 5) is 0. The monoisotopic (exact) mass is 380 g/mol. The summed E-state index contributed by atoms with van der Waals surface area (Å²) in [5.74, 6) is 3.60. The van der Waals surface area contributed by atoms with Gasteiger partial charge in [0.1, 0.15) is 0 Å². The molecule has 1 aromatic rings. The number of rotatable bonds is 4. The van der Waals surface area contributed by atoms with Crippen LogP contribution in [0.3, 0.4) is 0 Å². The lowest BCUT2D eigenvalue weighted by Crippen LogP contribution is -2.35. The lowest BCUT2D eigenvalue weighted by Gasteiger charge is -2.44. The first-order valence-electron chi connectivity index (χ1n) is 11.8. The number of aliphatic hydroxyl groups is 1. The molecule has 6 atom stereocenters. The molecule has 0 bridgehead atoms. The van der Waals surface area contributed by atoms with Gasteiger partial charge in [-0.05, 0) is 102 Å². The van der Waals surface area contributed by atoms with Crippen molar-refractivity contribution < 1.29 is 5.11 Å². The molecule has 1 aromatic carbocycles. The first-order valence-corrected chi connectivity index (χ1v) is 11.8. The van der Waals surface area contributed by atoms with Crippen LogP contribution in [0.2, 0.25) is 0 Å². The molecule has 3 aliphatic rings. The molecule has 1 unspecified atom stereocenters. The highest BCUT2D eigenvalue weighted by molar-refractivity contribution is 5.47. The van der Waals surface area contributed by atoms with Crippen molar-refractivity contribution >= 4 is 0 Å². The highest BCUT2D eigenvalue weighted by Gasteiger charge is 2.50. The van der Waals surface area contributed by atoms with Crippen molar-refractivity contribution in [1.29, 1.82) is 0 Å². The molecule has 154 valence electrons. The molecule has 1 saturated carbocycles. The summed E-state index contributed by atoms with van der Waals surface area (Å²) in [6.07, 6.45) is 13.1. The predicted octanol–water partition coefficient (Wildman–Crippen LogP) is 6.47. The summed E-state index contributed by atoms with van der Waals surface area (Å²) in [6.45, 7) is 12.1. The second-order valence-corrected chi connectivity index (χ2v) is 10.8. The molecular formula is C27H40O. The Balaban J connectivity index is 1.58. The minimum atomic E-state index is -0.129. The van der Waals surface area contributed by atoms with Crippen molar-refractivity contribution in [3.8, 4) is 0 Å². The van der Waals surface area contributed by atoms with E-state index < -0.39 is 0 Å². The minimum Gasteiger partial charge on any atom is -0.393 e. The average molecular weight is 381 g/mol. The van der Waals surface area contributed by atoms with Gasteiger partial charge in [0, 0.05) is 0 Å². The molecular weight excluding hydrogens is 340 g/mol. The van der Waals surface area contributed by atoms with E-state index in [-0.39, 0.29) is 6.10 Å². The predicted molar refractivity (Wildman–Crippen MR) is 119 cm³/mol. The van der Waals surface area contributed by atoms with Gasteiger partial charge in [-0.25, -0.2) is 0 Å². The van der Waals surface area contributed by atoms with Crippen LogP contribution in [0.1, 0.15) is 88.5 Å². The average Bonchev–Trinajstić information content (AvgIpc) is 3.02. The van der Waals surface area contributed by atoms with Gasteiger partial charge in [-0.1, -0.05) is 58.9 Å². The summed E-state index contributed by atoms with van der Waals surface area (Å²) >= 11 is 0. The lowest BCUT2D eigenvalue weighted by molar-refractivity contribution is 0.140. The van der Waals surface area contributed by atoms with E-state index in [1.807, 2.05) is 0 Å². The Morgan fingerprint density at radius 2 is 1.79 bits per heavy atom. The molecule has 1 N–H and O–H groups in total. The zero-order valence-corrected chi connectivity index (χ0v) is 18.7. The Morgan fingerprint density at radius 1 is 1.00 bits per heavy atom. The van der Waals surface area contributed by atoms with E-state index >= 15 is 0 Å². The van der Waals surface area contributed by atoms with Crippen molar-refractivity contribution in [2.24, 2.45) is 29.1 Å². The second-order valence-electron chi connectivity index (χ2n) is 10.8. The lowest BCUT2D eigenvalue weighted by atomic mass is 9.60. The maximum atomic E-state index is 10.1. The Bertz CT molecular complexity index is 745. The van der Waals surface area contributed by atoms with Crippen molar-refractivity contribution in [1.82, 2.24) is 0 Å². The largest absolute Gasteiger partial charge is 0.393 e. The van der Waals surface area contributed by atoms with Gasteiger partial charge >= 0.3 is 0 Å². The van der Waals surface area contributed by atoms with Crippen LogP contribution in [0.4, 0.5) is 0 Å². The molecule has 0 radical (unpaired) electrons. The summed E-state index contributed by atoms with van der Waals surface area (Å²) in [5, 5.41) is 10.1. The highest BCUT2D eigenvalue weighted by Crippen LogP contribution is 2.61. The van der Waals surface area contributed by atoms with E-state index in [0.717, 1.165) is 37.0 Å². The molecule has 0 saturated heterocycles. The van der Waals surface area contributed by atoms with Crippen molar-refractivity contribution in [2.45, 2.75) is 91.6 Å². The number of hydrogen-bond acceptors (Lipinski definition) is 1. The highest BCUT2D eigenvalue weighted by atomic mass is 16.3. The van der Waals surface area contributed by atoms with Gasteiger partial charge in [-0.2, -0.15) is 0 Å². The van der Waals surface area contributed by atoms with Crippen LogP contribution in [0.25, 0.3) is 0 Å². The molecule has 4 rings (SSSR count). The smallest absolute Gasteiger partial charge is 0.0583 e. The minimum absolute atomic E-state index is 0.129. The van der Waals surface area contributed by atoms with E-state index in [1.54, 1.807) is 16.7 Å². The van der Waals surface area contributed by atoms with Gasteiger partial charge in [-0.15, -0.1) is 0 Å². The number of fused-ring (bicyclic) bond motifs is 5. The number of allylic oxidation sites excluding steroid dienone is 2. The molecule has 0 aromatic heterocycles. The molecule has 1 heteroatoms. The van der Waals surface area contributed by atoms with E-state index in [4.69, 9.17) is 0 Å². The fourth-order valence-electron chi connectivity index (χ4n) is 6.65. The topological polar surface area (TPSA) is 20.2 Å². The van der Waals surface area contributed by atoms with Crippen LogP contribution in [0.5, 0.6) is 0 Å². The van der Waals surface area contributed by atoms with E-state index in [2.05, 4.69) is 58.9 Å². The molecule has 1 fully saturated rings. The van der Waals surface area contributed by atoms with Gasteiger partial charge in [0.15, 0.2) is 0 Å². The van der Waals surface area contributed by atoms with Crippen LogP contribution in [-0.4, -0.2) is 11.2 Å². The van der Waals surface area contributed by atoms with E-state index in [0.29, 0.717) is 17.3 Å². The normalized spacial score (nSPS) is 34.2. The van der Waals surface area contributed by atoms with Crippen molar-refractivity contribution in [3.63, 3.8) is 0 Å². The Kier molecular flexibility index (Phi) is 5.51. The summed E-state index contributed by atoms with van der Waals surface area (Å²) in [7, 11) is 0. The van der Waals surface area contributed by atoms with Crippen LogP contribution >= 0.6 is 0 Å². The molecule has 0 aliphatic heterocycles. The first kappa shape index (κ1) is 20.2. The fraction of sp³-hybridized carbons (Fsp3) is 0.704. The van der Waals surface area contributed by atoms with Crippen LogP contribution in [0.15, 0.2) is 24.3 Å². The third-order valence-corrected chi connectivity index (χ3v) is 8.85. The van der Waals surface area contributed by atoms with Crippen molar-refractivity contribution in [3.05, 3.63) is 46.5 Å². The number of hydrogen-bond donors (Lipinski definition) is 1. The number of aliphatic hydroxyl groups excluding tert-OH is 1. The summed E-state index contributed by atoms with van der Waals surface area (Å²) in [6, 6.07) is 4.79. The summed E-state index contributed by atoms with van der Waals surface area (Å²) < 4.78 is 0. The zero-order valence-electron chi connectivity index (χ0n) is 18.7. The van der Waals surface area contributed by atoms with Gasteiger partial charge in [0.25, 0.3) is 0 Å². The molecule has 0 heterocycles. The van der Waals surface area contributed by atoms with Gasteiger partial charge < -0.3 is 5.11 Å².